The van der Waals surface area contributed by atoms with Gasteiger partial charge in [0.15, 0.2) is 5.96 Å². The molecule has 2 heterocycles. The fourth-order valence-electron chi connectivity index (χ4n) is 3.64. The zero-order valence-corrected chi connectivity index (χ0v) is 21.1. The lowest BCUT2D eigenvalue weighted by atomic mass is 10.2. The molecule has 2 atom stereocenters. The van der Waals surface area contributed by atoms with Crippen molar-refractivity contribution < 1.29 is 9.53 Å². The first-order valence-electron chi connectivity index (χ1n) is 10.5. The highest BCUT2D eigenvalue weighted by atomic mass is 127. The average Bonchev–Trinajstić information content (AvgIpc) is 3.07. The molecule has 0 spiro atoms. The van der Waals surface area contributed by atoms with Crippen molar-refractivity contribution in [3.05, 3.63) is 35.9 Å². The molecule has 0 aromatic heterocycles. The topological polar surface area (TPSA) is 60.4 Å². The molecule has 1 saturated heterocycles. The van der Waals surface area contributed by atoms with E-state index in [2.05, 4.69) is 53.4 Å². The molecule has 168 valence electrons. The Labute approximate surface area is 197 Å². The van der Waals surface area contributed by atoms with E-state index in [1.807, 2.05) is 26.8 Å². The minimum absolute atomic E-state index is 0. The van der Waals surface area contributed by atoms with E-state index >= 15 is 0 Å². The number of fused-ring (bicyclic) bond motifs is 1. The Morgan fingerprint density at radius 1 is 1.30 bits per heavy atom. The van der Waals surface area contributed by atoms with E-state index in [0.717, 1.165) is 32.1 Å². The lowest BCUT2D eigenvalue weighted by Gasteiger charge is -2.39. The fraction of sp³-hybridized carbons (Fsp3) is 0.636. The number of guanidine groups is 1. The van der Waals surface area contributed by atoms with Gasteiger partial charge in [0, 0.05) is 38.8 Å². The van der Waals surface area contributed by atoms with Crippen LogP contribution in [0.1, 0.15) is 33.3 Å². The smallest absolute Gasteiger partial charge is 0.410 e. The summed E-state index contributed by atoms with van der Waals surface area (Å²) in [5, 5.41) is 3.53. The molecule has 0 saturated carbocycles. The minimum Gasteiger partial charge on any atom is -0.444 e. The number of hydrogen-bond acceptors (Lipinski definition) is 6. The molecule has 2 aliphatic rings. The lowest BCUT2D eigenvalue weighted by Crippen LogP contribution is -2.58. The number of rotatable bonds is 5. The maximum atomic E-state index is 12.4. The first-order valence-corrected chi connectivity index (χ1v) is 10.5. The highest BCUT2D eigenvalue weighted by molar-refractivity contribution is 14.0. The van der Waals surface area contributed by atoms with Crippen LogP contribution in [0.2, 0.25) is 0 Å². The third-order valence-corrected chi connectivity index (χ3v) is 5.44. The summed E-state index contributed by atoms with van der Waals surface area (Å²) in [6, 6.07) is 11.1. The van der Waals surface area contributed by atoms with Crippen LogP contribution >= 0.6 is 24.0 Å². The highest BCUT2D eigenvalue weighted by Gasteiger charge is 2.36. The van der Waals surface area contributed by atoms with Gasteiger partial charge < -0.3 is 19.9 Å². The molecule has 1 amide bonds. The second kappa shape index (κ2) is 10.7. The van der Waals surface area contributed by atoms with E-state index in [0.29, 0.717) is 19.1 Å². The number of ether oxygens (including phenoxy) is 1. The van der Waals surface area contributed by atoms with E-state index in [-0.39, 0.29) is 36.1 Å². The number of hydrogen-bond donors (Lipinski definition) is 1. The molecule has 30 heavy (non-hydrogen) atoms. The molecule has 1 fully saturated rings. The predicted octanol–water partition coefficient (Wildman–Crippen LogP) is 3.01. The van der Waals surface area contributed by atoms with Gasteiger partial charge in [-0.05, 0) is 40.3 Å². The quantitative estimate of drug-likeness (QED) is 0.595. The molecular weight excluding hydrogens is 493 g/mol. The van der Waals surface area contributed by atoms with Gasteiger partial charge in [-0.3, -0.25) is 9.89 Å². The van der Waals surface area contributed by atoms with Crippen LogP contribution in [0.3, 0.4) is 0 Å². The maximum Gasteiger partial charge on any atom is 0.410 e. The zero-order chi connectivity index (χ0) is 21.0. The summed E-state index contributed by atoms with van der Waals surface area (Å²) in [5.41, 5.74) is 0.855. The summed E-state index contributed by atoms with van der Waals surface area (Å²) in [6.45, 7) is 12.5. The van der Waals surface area contributed by atoms with Crippen LogP contribution in [0.25, 0.3) is 0 Å². The second-order valence-electron chi connectivity index (χ2n) is 9.07. The van der Waals surface area contributed by atoms with Crippen molar-refractivity contribution in [3.8, 4) is 0 Å². The molecule has 2 unspecified atom stereocenters. The van der Waals surface area contributed by atoms with Crippen LogP contribution in [-0.4, -0.2) is 84.2 Å². The van der Waals surface area contributed by atoms with Crippen molar-refractivity contribution in [1.29, 1.82) is 0 Å². The molecule has 1 aromatic carbocycles. The Morgan fingerprint density at radius 2 is 2.00 bits per heavy atom. The Morgan fingerprint density at radius 3 is 2.67 bits per heavy atom. The third-order valence-electron chi connectivity index (χ3n) is 5.44. The highest BCUT2D eigenvalue weighted by Crippen LogP contribution is 2.18. The molecule has 1 aromatic rings. The van der Waals surface area contributed by atoms with Crippen molar-refractivity contribution in [2.24, 2.45) is 4.99 Å². The van der Waals surface area contributed by atoms with E-state index < -0.39 is 5.60 Å². The second-order valence-corrected chi connectivity index (χ2v) is 9.07. The Balaban J connectivity index is 0.00000320. The number of amides is 1. The number of carbonyl (C=O) groups is 1. The Bertz CT molecular complexity index is 722. The first-order chi connectivity index (χ1) is 13.7. The zero-order valence-electron chi connectivity index (χ0n) is 18.8. The van der Waals surface area contributed by atoms with Crippen molar-refractivity contribution >= 4 is 36.0 Å². The molecule has 7 nitrogen and oxygen atoms in total. The fourth-order valence-corrected chi connectivity index (χ4v) is 3.64. The average molecular weight is 529 g/mol. The third kappa shape index (κ3) is 6.73. The van der Waals surface area contributed by atoms with E-state index in [4.69, 9.17) is 9.73 Å². The van der Waals surface area contributed by atoms with Gasteiger partial charge in [-0.25, -0.2) is 4.79 Å². The van der Waals surface area contributed by atoms with Crippen molar-refractivity contribution in [1.82, 2.24) is 20.0 Å². The molecule has 3 rings (SSSR count). The number of nitrogens with one attached hydrogen (secondary N) is 1. The molecule has 0 aliphatic carbocycles. The van der Waals surface area contributed by atoms with Crippen LogP contribution in [-0.2, 0) is 11.3 Å². The van der Waals surface area contributed by atoms with E-state index in [1.54, 1.807) is 4.90 Å². The Kier molecular flexibility index (Phi) is 8.78. The van der Waals surface area contributed by atoms with E-state index in [9.17, 15) is 4.79 Å². The van der Waals surface area contributed by atoms with Gasteiger partial charge in [0.1, 0.15) is 5.60 Å². The normalized spacial score (nSPS) is 19.7. The number of aliphatic imine (C=N–C) groups is 1. The number of piperazine rings is 1. The van der Waals surface area contributed by atoms with Gasteiger partial charge in [-0.1, -0.05) is 30.3 Å². The van der Waals surface area contributed by atoms with Crippen molar-refractivity contribution in [2.45, 2.75) is 51.9 Å². The number of carbonyl (C=O) groups excluding carboxylic acids is 1. The summed E-state index contributed by atoms with van der Waals surface area (Å²) in [4.78, 5) is 23.5. The predicted molar refractivity (Wildman–Crippen MR) is 131 cm³/mol. The van der Waals surface area contributed by atoms with Gasteiger partial charge >= 0.3 is 6.09 Å². The van der Waals surface area contributed by atoms with Crippen LogP contribution < -0.4 is 5.32 Å². The van der Waals surface area contributed by atoms with E-state index in [1.165, 1.54) is 5.56 Å². The van der Waals surface area contributed by atoms with Gasteiger partial charge in [-0.15, -0.1) is 24.0 Å². The maximum absolute atomic E-state index is 12.4. The SMILES string of the molecule is CC(CNC1=NCC2CN(C(=O)OC(C)(C)C)CCN12)N(C)Cc1ccccc1.I. The summed E-state index contributed by atoms with van der Waals surface area (Å²) >= 11 is 0. The van der Waals surface area contributed by atoms with Crippen LogP contribution in [0.4, 0.5) is 4.79 Å². The summed E-state index contributed by atoms with van der Waals surface area (Å²) in [6.07, 6.45) is -0.227. The molecule has 0 radical (unpaired) electrons. The van der Waals surface area contributed by atoms with Crippen molar-refractivity contribution in [2.75, 3.05) is 39.8 Å². The van der Waals surface area contributed by atoms with Gasteiger partial charge in [0.25, 0.3) is 0 Å². The largest absolute Gasteiger partial charge is 0.444 e. The van der Waals surface area contributed by atoms with Crippen LogP contribution in [0.15, 0.2) is 35.3 Å². The number of halogens is 1. The van der Waals surface area contributed by atoms with Crippen LogP contribution in [0.5, 0.6) is 0 Å². The molecule has 2 aliphatic heterocycles. The molecule has 8 heteroatoms. The number of likely N-dealkylation sites (N-methyl/N-ethyl adjacent to an activating group) is 1. The van der Waals surface area contributed by atoms with Gasteiger partial charge in [-0.2, -0.15) is 0 Å². The molecule has 1 N–H and O–H groups in total. The summed E-state index contributed by atoms with van der Waals surface area (Å²) < 4.78 is 5.52. The summed E-state index contributed by atoms with van der Waals surface area (Å²) in [7, 11) is 2.15. The number of nitrogens with zero attached hydrogens (tertiary/aromatic N) is 4. The summed E-state index contributed by atoms with van der Waals surface area (Å²) in [5.74, 6) is 0.957. The number of benzene rings is 1. The standard InChI is InChI=1S/C22H35N5O2.HI/c1-17(25(5)15-18-9-7-6-8-10-18)13-23-20-24-14-19-16-26(11-12-27(19)20)21(28)29-22(2,3)4;/h6-10,17,19H,11-16H2,1-5H3,(H,23,24);1H. The Hall–Kier alpha value is -1.55. The van der Waals surface area contributed by atoms with Gasteiger partial charge in [0.05, 0.1) is 12.6 Å². The minimum atomic E-state index is -0.463. The molecular formula is C22H36IN5O2. The monoisotopic (exact) mass is 529 g/mol. The van der Waals surface area contributed by atoms with Crippen LogP contribution in [0, 0.1) is 0 Å². The lowest BCUT2D eigenvalue weighted by molar-refractivity contribution is 0.0137. The first kappa shape index (κ1) is 24.7. The molecule has 0 bridgehead atoms. The van der Waals surface area contributed by atoms with Gasteiger partial charge in [0.2, 0.25) is 0 Å². The van der Waals surface area contributed by atoms with Crippen molar-refractivity contribution in [3.63, 3.8) is 0 Å².